The maximum atomic E-state index is 12.1. The van der Waals surface area contributed by atoms with Crippen molar-refractivity contribution in [1.82, 2.24) is 5.32 Å². The maximum absolute atomic E-state index is 12.1. The molecule has 1 aliphatic heterocycles. The first-order chi connectivity index (χ1) is 9.56. The Morgan fingerprint density at radius 3 is 2.95 bits per heavy atom. The molecule has 0 saturated carbocycles. The van der Waals surface area contributed by atoms with Gasteiger partial charge in [-0.05, 0) is 30.4 Å². The van der Waals surface area contributed by atoms with E-state index >= 15 is 0 Å². The summed E-state index contributed by atoms with van der Waals surface area (Å²) in [5, 5.41) is 12.6. The van der Waals surface area contributed by atoms with E-state index < -0.39 is 6.10 Å². The van der Waals surface area contributed by atoms with Crippen LogP contribution in [0.5, 0.6) is 5.75 Å². The van der Waals surface area contributed by atoms with Crippen molar-refractivity contribution < 1.29 is 14.6 Å². The number of carbonyl (C=O) groups is 1. The molecule has 2 rings (SSSR count). The van der Waals surface area contributed by atoms with Gasteiger partial charge in [0.2, 0.25) is 5.91 Å². The molecule has 2 atom stereocenters. The van der Waals surface area contributed by atoms with E-state index in [4.69, 9.17) is 4.74 Å². The van der Waals surface area contributed by atoms with Gasteiger partial charge < -0.3 is 15.2 Å². The average Bonchev–Trinajstić information content (AvgIpc) is 2.43. The lowest BCUT2D eigenvalue weighted by Gasteiger charge is -2.25. The van der Waals surface area contributed by atoms with Crippen LogP contribution >= 0.6 is 0 Å². The Bertz CT molecular complexity index is 459. The van der Waals surface area contributed by atoms with Crippen LogP contribution in [0.3, 0.4) is 0 Å². The fraction of sp³-hybridized carbons (Fsp3) is 0.562. The number of carbonyl (C=O) groups excluding carboxylic acids is 1. The van der Waals surface area contributed by atoms with Crippen molar-refractivity contribution in [2.24, 2.45) is 11.8 Å². The molecule has 1 aromatic carbocycles. The quantitative estimate of drug-likeness (QED) is 0.862. The lowest BCUT2D eigenvalue weighted by molar-refractivity contribution is -0.126. The van der Waals surface area contributed by atoms with Crippen LogP contribution in [-0.4, -0.2) is 30.3 Å². The predicted octanol–water partition coefficient (Wildman–Crippen LogP) is 1.76. The molecule has 2 unspecified atom stereocenters. The molecule has 0 aliphatic carbocycles. The Labute approximate surface area is 120 Å². The van der Waals surface area contributed by atoms with Crippen LogP contribution in [0.1, 0.15) is 25.8 Å². The fourth-order valence-corrected chi connectivity index (χ4v) is 2.49. The highest BCUT2D eigenvalue weighted by atomic mass is 16.5. The number of benzene rings is 1. The molecule has 1 heterocycles. The minimum absolute atomic E-state index is 0.0395. The molecule has 110 valence electrons. The highest BCUT2D eigenvalue weighted by molar-refractivity contribution is 5.79. The fourth-order valence-electron chi connectivity index (χ4n) is 2.49. The SMILES string of the molecule is CC(C)CC(O)CNC(=O)C1COc2ccccc2C1. The van der Waals surface area contributed by atoms with Crippen LogP contribution in [0.2, 0.25) is 0 Å². The van der Waals surface area contributed by atoms with Gasteiger partial charge in [0.15, 0.2) is 0 Å². The third-order valence-electron chi connectivity index (χ3n) is 3.51. The predicted molar refractivity (Wildman–Crippen MR) is 77.6 cm³/mol. The molecule has 4 nitrogen and oxygen atoms in total. The van der Waals surface area contributed by atoms with Crippen LogP contribution in [0, 0.1) is 11.8 Å². The van der Waals surface area contributed by atoms with Gasteiger partial charge in [0.1, 0.15) is 12.4 Å². The largest absolute Gasteiger partial charge is 0.492 e. The van der Waals surface area contributed by atoms with Gasteiger partial charge in [-0.1, -0.05) is 32.0 Å². The summed E-state index contributed by atoms with van der Waals surface area (Å²) in [6.07, 6.45) is 0.919. The van der Waals surface area contributed by atoms with E-state index in [1.165, 1.54) is 0 Å². The second kappa shape index (κ2) is 6.75. The van der Waals surface area contributed by atoms with Crippen molar-refractivity contribution in [2.75, 3.05) is 13.2 Å². The normalized spacial score (nSPS) is 19.1. The number of rotatable bonds is 5. The van der Waals surface area contributed by atoms with E-state index in [9.17, 15) is 9.90 Å². The highest BCUT2D eigenvalue weighted by Gasteiger charge is 2.25. The second-order valence-electron chi connectivity index (χ2n) is 5.85. The average molecular weight is 277 g/mol. The van der Waals surface area contributed by atoms with Crippen molar-refractivity contribution in [3.63, 3.8) is 0 Å². The number of amides is 1. The topological polar surface area (TPSA) is 58.6 Å². The van der Waals surface area contributed by atoms with E-state index in [1.807, 2.05) is 24.3 Å². The molecule has 1 aromatic rings. The summed E-state index contributed by atoms with van der Waals surface area (Å²) in [5.74, 6) is 1.08. The Hall–Kier alpha value is -1.55. The van der Waals surface area contributed by atoms with Gasteiger partial charge in [-0.2, -0.15) is 0 Å². The minimum atomic E-state index is -0.476. The standard InChI is InChI=1S/C16H23NO3/c1-11(2)7-14(18)9-17-16(19)13-8-12-5-3-4-6-15(12)20-10-13/h3-6,11,13-14,18H,7-10H2,1-2H3,(H,17,19). The van der Waals surface area contributed by atoms with Gasteiger partial charge in [-0.3, -0.25) is 4.79 Å². The molecule has 1 amide bonds. The molecule has 2 N–H and O–H groups in total. The number of hydrogen-bond donors (Lipinski definition) is 2. The number of hydrogen-bond acceptors (Lipinski definition) is 3. The summed E-state index contributed by atoms with van der Waals surface area (Å²) in [6, 6.07) is 7.80. The number of fused-ring (bicyclic) bond motifs is 1. The molecule has 1 aliphatic rings. The number of para-hydroxylation sites is 1. The lowest BCUT2D eigenvalue weighted by atomic mass is 9.96. The Morgan fingerprint density at radius 1 is 1.45 bits per heavy atom. The molecule has 20 heavy (non-hydrogen) atoms. The number of ether oxygens (including phenoxy) is 1. The van der Waals surface area contributed by atoms with Crippen LogP contribution in [0.25, 0.3) is 0 Å². The summed E-state index contributed by atoms with van der Waals surface area (Å²) < 4.78 is 5.61. The summed E-state index contributed by atoms with van der Waals surface area (Å²) >= 11 is 0. The zero-order chi connectivity index (χ0) is 14.5. The van der Waals surface area contributed by atoms with Crippen LogP contribution in [-0.2, 0) is 11.2 Å². The van der Waals surface area contributed by atoms with Gasteiger partial charge in [-0.15, -0.1) is 0 Å². The summed E-state index contributed by atoms with van der Waals surface area (Å²) in [4.78, 5) is 12.1. The van der Waals surface area contributed by atoms with Gasteiger partial charge >= 0.3 is 0 Å². The molecular formula is C16H23NO3. The molecule has 0 spiro atoms. The Morgan fingerprint density at radius 2 is 2.20 bits per heavy atom. The van der Waals surface area contributed by atoms with Crippen LogP contribution in [0.4, 0.5) is 0 Å². The zero-order valence-electron chi connectivity index (χ0n) is 12.1. The van der Waals surface area contributed by atoms with Crippen LogP contribution in [0.15, 0.2) is 24.3 Å². The Kier molecular flexibility index (Phi) is 5.01. The number of aliphatic hydroxyl groups excluding tert-OH is 1. The Balaban J connectivity index is 1.83. The summed E-state index contributed by atoms with van der Waals surface area (Å²) in [7, 11) is 0. The van der Waals surface area contributed by atoms with Crippen molar-refractivity contribution >= 4 is 5.91 Å². The monoisotopic (exact) mass is 277 g/mol. The molecule has 0 aromatic heterocycles. The molecule has 0 saturated heterocycles. The van der Waals surface area contributed by atoms with E-state index in [1.54, 1.807) is 0 Å². The smallest absolute Gasteiger partial charge is 0.226 e. The number of aliphatic hydroxyl groups is 1. The van der Waals surface area contributed by atoms with Gasteiger partial charge in [0, 0.05) is 6.54 Å². The molecular weight excluding hydrogens is 254 g/mol. The van der Waals surface area contributed by atoms with E-state index in [-0.39, 0.29) is 11.8 Å². The maximum Gasteiger partial charge on any atom is 0.226 e. The van der Waals surface area contributed by atoms with Gasteiger partial charge in [0.25, 0.3) is 0 Å². The summed E-state index contributed by atoms with van der Waals surface area (Å²) in [5.41, 5.74) is 1.07. The van der Waals surface area contributed by atoms with E-state index in [0.717, 1.165) is 11.3 Å². The van der Waals surface area contributed by atoms with Crippen molar-refractivity contribution in [2.45, 2.75) is 32.8 Å². The van der Waals surface area contributed by atoms with Crippen molar-refractivity contribution in [3.8, 4) is 5.75 Å². The molecule has 0 radical (unpaired) electrons. The highest BCUT2D eigenvalue weighted by Crippen LogP contribution is 2.26. The van der Waals surface area contributed by atoms with E-state index in [0.29, 0.717) is 31.9 Å². The first-order valence-electron chi connectivity index (χ1n) is 7.22. The van der Waals surface area contributed by atoms with E-state index in [2.05, 4.69) is 19.2 Å². The zero-order valence-corrected chi connectivity index (χ0v) is 12.1. The second-order valence-corrected chi connectivity index (χ2v) is 5.85. The number of nitrogens with one attached hydrogen (secondary N) is 1. The van der Waals surface area contributed by atoms with Gasteiger partial charge in [-0.25, -0.2) is 0 Å². The lowest BCUT2D eigenvalue weighted by Crippen LogP contribution is -2.40. The minimum Gasteiger partial charge on any atom is -0.492 e. The van der Waals surface area contributed by atoms with Crippen molar-refractivity contribution in [3.05, 3.63) is 29.8 Å². The first kappa shape index (κ1) is 14.9. The molecule has 0 fully saturated rings. The molecule has 0 bridgehead atoms. The third-order valence-corrected chi connectivity index (χ3v) is 3.51. The van der Waals surface area contributed by atoms with Crippen molar-refractivity contribution in [1.29, 1.82) is 0 Å². The van der Waals surface area contributed by atoms with Gasteiger partial charge in [0.05, 0.1) is 12.0 Å². The van der Waals surface area contributed by atoms with Crippen LogP contribution < -0.4 is 10.1 Å². The molecule has 4 heteroatoms. The first-order valence-corrected chi connectivity index (χ1v) is 7.22. The summed E-state index contributed by atoms with van der Waals surface area (Å²) in [6.45, 7) is 4.83. The third kappa shape index (κ3) is 3.97.